The number of nitrogens with one attached hydrogen (secondary N) is 1. The highest BCUT2D eigenvalue weighted by molar-refractivity contribution is 5.90. The van der Waals surface area contributed by atoms with Crippen molar-refractivity contribution in [3.05, 3.63) is 0 Å². The Kier molecular flexibility index (Phi) is 3.87. The SMILES string of the molecule is CN(CC1(O)CCOCC1)C(=O)C1CCC(=O)N1. The largest absolute Gasteiger partial charge is 0.388 e. The summed E-state index contributed by atoms with van der Waals surface area (Å²) in [7, 11) is 1.67. The van der Waals surface area contributed by atoms with Crippen molar-refractivity contribution in [1.82, 2.24) is 10.2 Å². The molecule has 0 bridgehead atoms. The zero-order valence-electron chi connectivity index (χ0n) is 10.6. The van der Waals surface area contributed by atoms with Crippen molar-refractivity contribution >= 4 is 11.8 Å². The predicted molar refractivity (Wildman–Crippen MR) is 63.8 cm³/mol. The van der Waals surface area contributed by atoms with Gasteiger partial charge in [0.2, 0.25) is 11.8 Å². The smallest absolute Gasteiger partial charge is 0.245 e. The topological polar surface area (TPSA) is 78.9 Å². The average Bonchev–Trinajstić information content (AvgIpc) is 2.75. The van der Waals surface area contributed by atoms with Crippen molar-refractivity contribution in [3.8, 4) is 0 Å². The third kappa shape index (κ3) is 3.00. The molecule has 0 spiro atoms. The molecule has 0 aliphatic carbocycles. The lowest BCUT2D eigenvalue weighted by Gasteiger charge is -2.36. The van der Waals surface area contributed by atoms with Crippen LogP contribution in [-0.2, 0) is 14.3 Å². The summed E-state index contributed by atoms with van der Waals surface area (Å²) in [6.45, 7) is 1.35. The van der Waals surface area contributed by atoms with Gasteiger partial charge >= 0.3 is 0 Å². The van der Waals surface area contributed by atoms with E-state index in [1.165, 1.54) is 4.90 Å². The molecule has 2 heterocycles. The van der Waals surface area contributed by atoms with Crippen LogP contribution in [0.3, 0.4) is 0 Å². The molecular weight excluding hydrogens is 236 g/mol. The molecule has 6 heteroatoms. The van der Waals surface area contributed by atoms with Gasteiger partial charge in [0.15, 0.2) is 0 Å². The molecule has 2 saturated heterocycles. The number of hydrogen-bond donors (Lipinski definition) is 2. The molecule has 18 heavy (non-hydrogen) atoms. The molecule has 0 aromatic rings. The van der Waals surface area contributed by atoms with Crippen LogP contribution < -0.4 is 5.32 Å². The number of hydrogen-bond acceptors (Lipinski definition) is 4. The van der Waals surface area contributed by atoms with Gasteiger partial charge in [0.05, 0.1) is 5.60 Å². The van der Waals surface area contributed by atoms with Crippen LogP contribution in [0.25, 0.3) is 0 Å². The molecule has 2 aliphatic rings. The maximum atomic E-state index is 12.1. The summed E-state index contributed by atoms with van der Waals surface area (Å²) in [4.78, 5) is 24.7. The Bertz CT molecular complexity index is 339. The van der Waals surface area contributed by atoms with Crippen molar-refractivity contribution in [2.75, 3.05) is 26.8 Å². The monoisotopic (exact) mass is 256 g/mol. The third-order valence-electron chi connectivity index (χ3n) is 3.62. The molecule has 2 rings (SSSR count). The zero-order valence-corrected chi connectivity index (χ0v) is 10.6. The first-order valence-corrected chi connectivity index (χ1v) is 6.35. The Morgan fingerprint density at radius 1 is 1.56 bits per heavy atom. The molecule has 1 unspecified atom stereocenters. The van der Waals surface area contributed by atoms with Gasteiger partial charge in [-0.1, -0.05) is 0 Å². The van der Waals surface area contributed by atoms with Crippen molar-refractivity contribution < 1.29 is 19.4 Å². The van der Waals surface area contributed by atoms with Crippen LogP contribution in [-0.4, -0.2) is 60.3 Å². The molecule has 2 amide bonds. The lowest BCUT2D eigenvalue weighted by molar-refractivity contribution is -0.139. The Morgan fingerprint density at radius 2 is 2.22 bits per heavy atom. The van der Waals surface area contributed by atoms with E-state index in [-0.39, 0.29) is 11.8 Å². The fraction of sp³-hybridized carbons (Fsp3) is 0.833. The lowest BCUT2D eigenvalue weighted by Crippen LogP contribution is -2.51. The van der Waals surface area contributed by atoms with Crippen molar-refractivity contribution in [2.45, 2.75) is 37.3 Å². The Hall–Kier alpha value is -1.14. The van der Waals surface area contributed by atoms with E-state index in [1.807, 2.05) is 0 Å². The first kappa shape index (κ1) is 13.3. The van der Waals surface area contributed by atoms with Gasteiger partial charge in [-0.25, -0.2) is 0 Å². The highest BCUT2D eigenvalue weighted by atomic mass is 16.5. The van der Waals surface area contributed by atoms with Gasteiger partial charge in [-0.15, -0.1) is 0 Å². The maximum Gasteiger partial charge on any atom is 0.245 e. The second-order valence-corrected chi connectivity index (χ2v) is 5.19. The van der Waals surface area contributed by atoms with E-state index in [9.17, 15) is 14.7 Å². The Balaban J connectivity index is 1.88. The summed E-state index contributed by atoms with van der Waals surface area (Å²) in [6, 6.07) is -0.425. The minimum atomic E-state index is -0.856. The van der Waals surface area contributed by atoms with E-state index < -0.39 is 11.6 Å². The summed E-state index contributed by atoms with van der Waals surface area (Å²) in [5, 5.41) is 13.0. The third-order valence-corrected chi connectivity index (χ3v) is 3.62. The van der Waals surface area contributed by atoms with Crippen LogP contribution in [0.5, 0.6) is 0 Å². The van der Waals surface area contributed by atoms with Gasteiger partial charge in [-0.2, -0.15) is 0 Å². The molecule has 2 N–H and O–H groups in total. The van der Waals surface area contributed by atoms with Gasteiger partial charge in [0.25, 0.3) is 0 Å². The fourth-order valence-electron chi connectivity index (χ4n) is 2.49. The van der Waals surface area contributed by atoms with Crippen LogP contribution in [0, 0.1) is 0 Å². The van der Waals surface area contributed by atoms with E-state index >= 15 is 0 Å². The summed E-state index contributed by atoms with van der Waals surface area (Å²) in [6.07, 6.45) is 2.04. The van der Waals surface area contributed by atoms with Gasteiger partial charge in [0.1, 0.15) is 6.04 Å². The highest BCUT2D eigenvalue weighted by Gasteiger charge is 2.35. The second-order valence-electron chi connectivity index (χ2n) is 5.19. The molecule has 1 atom stereocenters. The van der Waals surface area contributed by atoms with Crippen LogP contribution >= 0.6 is 0 Å². The van der Waals surface area contributed by atoms with Gasteiger partial charge < -0.3 is 20.1 Å². The summed E-state index contributed by atoms with van der Waals surface area (Å²) in [5.74, 6) is -0.202. The van der Waals surface area contributed by atoms with Crippen LogP contribution in [0.1, 0.15) is 25.7 Å². The van der Waals surface area contributed by atoms with Crippen LogP contribution in [0.4, 0.5) is 0 Å². The molecule has 0 saturated carbocycles. The predicted octanol–water partition coefficient (Wildman–Crippen LogP) is -0.735. The standard InChI is InChI=1S/C12H20N2O4/c1-14(8-12(17)4-6-18-7-5-12)11(16)9-2-3-10(15)13-9/h9,17H,2-8H2,1H3,(H,13,15). The molecule has 0 aromatic heterocycles. The molecule has 2 fully saturated rings. The minimum Gasteiger partial charge on any atom is -0.388 e. The number of carbonyl (C=O) groups is 2. The number of amides is 2. The van der Waals surface area contributed by atoms with Crippen molar-refractivity contribution in [1.29, 1.82) is 0 Å². The molecule has 0 radical (unpaired) electrons. The maximum absolute atomic E-state index is 12.1. The van der Waals surface area contributed by atoms with E-state index in [4.69, 9.17) is 4.74 Å². The van der Waals surface area contributed by atoms with Crippen LogP contribution in [0.2, 0.25) is 0 Å². The van der Waals surface area contributed by atoms with E-state index in [1.54, 1.807) is 7.05 Å². The van der Waals surface area contributed by atoms with Crippen LogP contribution in [0.15, 0.2) is 0 Å². The van der Waals surface area contributed by atoms with E-state index in [0.717, 1.165) is 0 Å². The van der Waals surface area contributed by atoms with Gasteiger partial charge in [-0.05, 0) is 6.42 Å². The van der Waals surface area contributed by atoms with Crippen molar-refractivity contribution in [2.24, 2.45) is 0 Å². The average molecular weight is 256 g/mol. The molecule has 2 aliphatic heterocycles. The van der Waals surface area contributed by atoms with E-state index in [0.29, 0.717) is 45.4 Å². The lowest BCUT2D eigenvalue weighted by atomic mass is 9.93. The highest BCUT2D eigenvalue weighted by Crippen LogP contribution is 2.22. The first-order chi connectivity index (χ1) is 8.50. The van der Waals surface area contributed by atoms with Gasteiger partial charge in [-0.3, -0.25) is 9.59 Å². The number of ether oxygens (including phenoxy) is 1. The van der Waals surface area contributed by atoms with E-state index in [2.05, 4.69) is 5.32 Å². The fourth-order valence-corrected chi connectivity index (χ4v) is 2.49. The number of aliphatic hydroxyl groups is 1. The molecular formula is C12H20N2O4. The Morgan fingerprint density at radius 3 is 2.78 bits per heavy atom. The molecule has 6 nitrogen and oxygen atoms in total. The zero-order chi connectivity index (χ0) is 13.2. The van der Waals surface area contributed by atoms with Gasteiger partial charge in [0, 0.05) is 46.1 Å². The number of nitrogens with zero attached hydrogens (tertiary/aromatic N) is 1. The molecule has 102 valence electrons. The summed E-state index contributed by atoms with van der Waals surface area (Å²) < 4.78 is 5.20. The summed E-state index contributed by atoms with van der Waals surface area (Å²) in [5.41, 5.74) is -0.856. The minimum absolute atomic E-state index is 0.0773. The number of carbonyl (C=O) groups excluding carboxylic acids is 2. The second kappa shape index (κ2) is 5.24. The summed E-state index contributed by atoms with van der Waals surface area (Å²) >= 11 is 0. The molecule has 0 aromatic carbocycles. The first-order valence-electron chi connectivity index (χ1n) is 6.35. The Labute approximate surface area is 106 Å². The quantitative estimate of drug-likeness (QED) is 0.697. The van der Waals surface area contributed by atoms with Crippen molar-refractivity contribution in [3.63, 3.8) is 0 Å². The number of rotatable bonds is 3. The number of likely N-dealkylation sites (N-methyl/N-ethyl adjacent to an activating group) is 1. The normalized spacial score (nSPS) is 26.8.